The summed E-state index contributed by atoms with van der Waals surface area (Å²) in [7, 11) is 0. The topological polar surface area (TPSA) is 32.8 Å². The molecule has 5 heteroatoms. The Bertz CT molecular complexity index is 829. The van der Waals surface area contributed by atoms with E-state index in [0.717, 1.165) is 43.7 Å². The molecule has 2 aromatic carbocycles. The predicted octanol–water partition coefficient (Wildman–Crippen LogP) is 3.57. The second-order valence-corrected chi connectivity index (χ2v) is 7.65. The summed E-state index contributed by atoms with van der Waals surface area (Å²) in [5, 5.41) is 0. The van der Waals surface area contributed by atoms with Crippen LogP contribution < -0.4 is 0 Å². The van der Waals surface area contributed by atoms with Crippen molar-refractivity contribution in [2.45, 2.75) is 24.4 Å². The third-order valence-electron chi connectivity index (χ3n) is 6.13. The molecule has 0 amide bonds. The fourth-order valence-electron chi connectivity index (χ4n) is 4.84. The van der Waals surface area contributed by atoms with Crippen LogP contribution in [0.1, 0.15) is 24.0 Å². The average Bonchev–Trinajstić information content (AvgIpc) is 3.40. The zero-order chi connectivity index (χ0) is 18.3. The van der Waals surface area contributed by atoms with Crippen molar-refractivity contribution >= 4 is 18.4 Å². The SMILES string of the molecule is Cl.O=C1OC(CN2CCN3CCC=C32)CC1(c1ccccc1)c1ccccc1. The fourth-order valence-corrected chi connectivity index (χ4v) is 4.84. The Kier molecular flexibility index (Phi) is 5.07. The molecule has 2 fully saturated rings. The van der Waals surface area contributed by atoms with E-state index >= 15 is 0 Å². The van der Waals surface area contributed by atoms with Gasteiger partial charge in [0.05, 0.1) is 6.54 Å². The maximum atomic E-state index is 13.2. The van der Waals surface area contributed by atoms with E-state index in [0.29, 0.717) is 6.42 Å². The van der Waals surface area contributed by atoms with Crippen LogP contribution in [-0.4, -0.2) is 48.1 Å². The van der Waals surface area contributed by atoms with Crippen LogP contribution in [0.5, 0.6) is 0 Å². The molecule has 3 aliphatic heterocycles. The highest BCUT2D eigenvalue weighted by Crippen LogP contribution is 2.44. The van der Waals surface area contributed by atoms with Crippen LogP contribution in [0.15, 0.2) is 72.6 Å². The Labute approximate surface area is 172 Å². The lowest BCUT2D eigenvalue weighted by atomic mass is 9.72. The zero-order valence-electron chi connectivity index (χ0n) is 15.8. The lowest BCUT2D eigenvalue weighted by Gasteiger charge is -2.27. The van der Waals surface area contributed by atoms with E-state index in [1.807, 2.05) is 60.7 Å². The van der Waals surface area contributed by atoms with Gasteiger partial charge in [-0.1, -0.05) is 60.7 Å². The molecule has 4 nitrogen and oxygen atoms in total. The third-order valence-corrected chi connectivity index (χ3v) is 6.13. The quantitative estimate of drug-likeness (QED) is 0.739. The normalized spacial score (nSPS) is 22.5. The van der Waals surface area contributed by atoms with Crippen LogP contribution >= 0.6 is 12.4 Å². The van der Waals surface area contributed by atoms with E-state index < -0.39 is 5.41 Å². The first-order valence-corrected chi connectivity index (χ1v) is 9.79. The van der Waals surface area contributed by atoms with Gasteiger partial charge in [0, 0.05) is 26.1 Å². The first kappa shape index (κ1) is 18.9. The molecule has 146 valence electrons. The highest BCUT2D eigenvalue weighted by atomic mass is 35.5. The van der Waals surface area contributed by atoms with Crippen molar-refractivity contribution < 1.29 is 9.53 Å². The maximum Gasteiger partial charge on any atom is 0.321 e. The molecule has 0 aromatic heterocycles. The summed E-state index contributed by atoms with van der Waals surface area (Å²) < 4.78 is 5.97. The molecular formula is C23H25ClN2O2. The molecule has 2 aromatic rings. The highest BCUT2D eigenvalue weighted by Gasteiger charge is 2.52. The number of hydrogen-bond acceptors (Lipinski definition) is 4. The van der Waals surface area contributed by atoms with Gasteiger partial charge in [-0.15, -0.1) is 12.4 Å². The van der Waals surface area contributed by atoms with Gasteiger partial charge in [0.25, 0.3) is 0 Å². The van der Waals surface area contributed by atoms with Gasteiger partial charge in [0.15, 0.2) is 0 Å². The third kappa shape index (κ3) is 2.96. The van der Waals surface area contributed by atoms with Crippen LogP contribution in [0, 0.1) is 0 Å². The van der Waals surface area contributed by atoms with Crippen molar-refractivity contribution in [3.63, 3.8) is 0 Å². The van der Waals surface area contributed by atoms with E-state index in [2.05, 4.69) is 15.9 Å². The van der Waals surface area contributed by atoms with Gasteiger partial charge < -0.3 is 14.5 Å². The first-order valence-electron chi connectivity index (χ1n) is 9.79. The molecule has 5 rings (SSSR count). The number of ether oxygens (including phenoxy) is 1. The van der Waals surface area contributed by atoms with Crippen LogP contribution in [0.2, 0.25) is 0 Å². The van der Waals surface area contributed by atoms with E-state index in [4.69, 9.17) is 4.74 Å². The van der Waals surface area contributed by atoms with Crippen LogP contribution in [-0.2, 0) is 14.9 Å². The zero-order valence-corrected chi connectivity index (χ0v) is 16.6. The van der Waals surface area contributed by atoms with Gasteiger partial charge in [0.1, 0.15) is 17.3 Å². The van der Waals surface area contributed by atoms with Gasteiger partial charge in [0.2, 0.25) is 0 Å². The monoisotopic (exact) mass is 396 g/mol. The Morgan fingerprint density at radius 1 is 0.929 bits per heavy atom. The summed E-state index contributed by atoms with van der Waals surface area (Å²) in [6.07, 6.45) is 4.02. The number of carbonyl (C=O) groups is 1. The molecule has 2 saturated heterocycles. The highest BCUT2D eigenvalue weighted by molar-refractivity contribution is 5.89. The van der Waals surface area contributed by atoms with Crippen molar-refractivity contribution in [2.75, 3.05) is 26.2 Å². The predicted molar refractivity (Wildman–Crippen MR) is 111 cm³/mol. The first-order chi connectivity index (χ1) is 13.3. The van der Waals surface area contributed by atoms with Crippen molar-refractivity contribution in [3.8, 4) is 0 Å². The molecule has 3 heterocycles. The summed E-state index contributed by atoms with van der Waals surface area (Å²) in [6.45, 7) is 3.99. The van der Waals surface area contributed by atoms with E-state index in [9.17, 15) is 4.79 Å². The van der Waals surface area contributed by atoms with Gasteiger partial charge in [-0.2, -0.15) is 0 Å². The second-order valence-electron chi connectivity index (χ2n) is 7.65. The van der Waals surface area contributed by atoms with Crippen molar-refractivity contribution in [3.05, 3.63) is 83.7 Å². The minimum absolute atomic E-state index is 0. The Hall–Kier alpha value is -2.46. The van der Waals surface area contributed by atoms with Gasteiger partial charge in [-0.25, -0.2) is 0 Å². The second kappa shape index (κ2) is 7.51. The van der Waals surface area contributed by atoms with E-state index in [-0.39, 0.29) is 24.5 Å². The van der Waals surface area contributed by atoms with Crippen molar-refractivity contribution in [2.24, 2.45) is 0 Å². The fraction of sp³-hybridized carbons (Fsp3) is 0.348. The molecule has 0 saturated carbocycles. The Morgan fingerprint density at radius 3 is 2.21 bits per heavy atom. The van der Waals surface area contributed by atoms with Crippen LogP contribution in [0.25, 0.3) is 0 Å². The van der Waals surface area contributed by atoms with Crippen LogP contribution in [0.3, 0.4) is 0 Å². The van der Waals surface area contributed by atoms with E-state index in [1.54, 1.807) is 0 Å². The number of fused-ring (bicyclic) bond motifs is 1. The molecule has 0 radical (unpaired) electrons. The summed E-state index contributed by atoms with van der Waals surface area (Å²) in [5.41, 5.74) is 1.33. The largest absolute Gasteiger partial charge is 0.460 e. The van der Waals surface area contributed by atoms with Gasteiger partial charge in [-0.05, 0) is 23.6 Å². The van der Waals surface area contributed by atoms with Gasteiger partial charge in [-0.3, -0.25) is 4.79 Å². The number of halogens is 1. The standard InChI is InChI=1S/C23H24N2O2.ClH/c26-22-23(18-8-3-1-4-9-18,19-10-5-2-6-11-19)16-20(27-22)17-25-15-14-24-13-7-12-21(24)25;/h1-6,8-12,20H,7,13-17H2;1H. The molecule has 3 aliphatic rings. The minimum Gasteiger partial charge on any atom is -0.460 e. The summed E-state index contributed by atoms with van der Waals surface area (Å²) in [6, 6.07) is 20.2. The Balaban J connectivity index is 0.00000192. The molecule has 28 heavy (non-hydrogen) atoms. The number of hydrogen-bond donors (Lipinski definition) is 0. The lowest BCUT2D eigenvalue weighted by Crippen LogP contribution is -2.33. The molecule has 1 atom stereocenters. The number of cyclic esters (lactones) is 1. The number of carbonyl (C=O) groups excluding carboxylic acids is 1. The number of esters is 1. The molecular weight excluding hydrogens is 372 g/mol. The van der Waals surface area contributed by atoms with Gasteiger partial charge >= 0.3 is 5.97 Å². The summed E-state index contributed by atoms with van der Waals surface area (Å²) >= 11 is 0. The molecule has 0 bridgehead atoms. The van der Waals surface area contributed by atoms with Crippen molar-refractivity contribution in [1.82, 2.24) is 9.80 Å². The Morgan fingerprint density at radius 2 is 1.57 bits per heavy atom. The summed E-state index contributed by atoms with van der Waals surface area (Å²) in [5.74, 6) is 1.20. The number of nitrogens with zero attached hydrogens (tertiary/aromatic N) is 2. The maximum absolute atomic E-state index is 13.2. The number of benzene rings is 2. The number of rotatable bonds is 4. The lowest BCUT2D eigenvalue weighted by molar-refractivity contribution is -0.145. The smallest absolute Gasteiger partial charge is 0.321 e. The molecule has 0 aliphatic carbocycles. The van der Waals surface area contributed by atoms with Crippen molar-refractivity contribution in [1.29, 1.82) is 0 Å². The molecule has 1 unspecified atom stereocenters. The molecule has 0 spiro atoms. The molecule has 0 N–H and O–H groups in total. The minimum atomic E-state index is -0.712. The average molecular weight is 397 g/mol. The summed E-state index contributed by atoms with van der Waals surface area (Å²) in [4.78, 5) is 18.1. The van der Waals surface area contributed by atoms with Crippen LogP contribution in [0.4, 0.5) is 0 Å². The van der Waals surface area contributed by atoms with E-state index in [1.165, 1.54) is 5.82 Å².